The molecule has 2 saturated heterocycles. The summed E-state index contributed by atoms with van der Waals surface area (Å²) in [6.07, 6.45) is 3.42. The third-order valence-corrected chi connectivity index (χ3v) is 9.09. The molecule has 0 saturated carbocycles. The van der Waals surface area contributed by atoms with Crippen LogP contribution in [0.2, 0.25) is 5.02 Å². The van der Waals surface area contributed by atoms with Crippen LogP contribution in [0.1, 0.15) is 50.5 Å². The van der Waals surface area contributed by atoms with Gasteiger partial charge in [0.2, 0.25) is 5.91 Å². The smallest absolute Gasteiger partial charge is 0.224 e. The number of halogens is 1. The molecule has 1 aromatic carbocycles. The molecule has 0 aliphatic carbocycles. The van der Waals surface area contributed by atoms with E-state index in [0.717, 1.165) is 41.2 Å². The van der Waals surface area contributed by atoms with E-state index in [2.05, 4.69) is 16.8 Å². The second-order valence-electron chi connectivity index (χ2n) is 10.7. The lowest BCUT2D eigenvalue weighted by Crippen LogP contribution is -2.46. The number of thiazole rings is 1. The van der Waals surface area contributed by atoms with Crippen LogP contribution < -0.4 is 5.32 Å². The van der Waals surface area contributed by atoms with Crippen LogP contribution >= 0.6 is 22.9 Å². The average Bonchev–Trinajstić information content (AvgIpc) is 3.36. The number of carbonyl (C=O) groups excluding carboxylic acids is 3. The van der Waals surface area contributed by atoms with E-state index in [9.17, 15) is 14.4 Å². The van der Waals surface area contributed by atoms with Gasteiger partial charge in [-0.25, -0.2) is 4.98 Å². The monoisotopic (exact) mass is 589 g/mol. The summed E-state index contributed by atoms with van der Waals surface area (Å²) >= 11 is 7.65. The topological polar surface area (TPSA) is 97.8 Å². The summed E-state index contributed by atoms with van der Waals surface area (Å²) in [5, 5.41) is 4.70. The van der Waals surface area contributed by atoms with Crippen molar-refractivity contribution in [3.05, 3.63) is 40.4 Å². The summed E-state index contributed by atoms with van der Waals surface area (Å²) in [5.41, 5.74) is 1.43. The van der Waals surface area contributed by atoms with Crippen LogP contribution in [0, 0.1) is 11.8 Å². The number of morpholine rings is 1. The van der Waals surface area contributed by atoms with Gasteiger partial charge in [0.05, 0.1) is 34.4 Å². The van der Waals surface area contributed by atoms with Crippen LogP contribution in [0.15, 0.2) is 30.4 Å². The van der Waals surface area contributed by atoms with Crippen molar-refractivity contribution in [2.24, 2.45) is 11.8 Å². The van der Waals surface area contributed by atoms with E-state index in [1.54, 1.807) is 6.07 Å². The number of ether oxygens (including phenoxy) is 2. The maximum absolute atomic E-state index is 13.7. The highest BCUT2D eigenvalue weighted by Gasteiger charge is 2.30. The van der Waals surface area contributed by atoms with Crippen molar-refractivity contribution >= 4 is 50.6 Å². The van der Waals surface area contributed by atoms with E-state index in [1.165, 1.54) is 11.3 Å². The van der Waals surface area contributed by atoms with Gasteiger partial charge in [-0.1, -0.05) is 25.1 Å². The Morgan fingerprint density at radius 2 is 1.90 bits per heavy atom. The molecule has 218 valence electrons. The minimum absolute atomic E-state index is 0.0312. The quantitative estimate of drug-likeness (QED) is 0.321. The molecule has 10 heteroatoms. The van der Waals surface area contributed by atoms with Gasteiger partial charge in [0, 0.05) is 75.2 Å². The number of hydrogen-bond donors (Lipinski definition) is 1. The Labute approximate surface area is 245 Å². The van der Waals surface area contributed by atoms with Gasteiger partial charge in [-0.05, 0) is 43.4 Å². The molecule has 0 unspecified atom stereocenters. The van der Waals surface area contributed by atoms with Crippen LogP contribution in [-0.4, -0.2) is 79.5 Å². The zero-order valence-corrected chi connectivity index (χ0v) is 24.9. The fraction of sp³-hybridized carbons (Fsp3) is 0.600. The highest BCUT2D eigenvalue weighted by atomic mass is 35.5. The first-order valence-corrected chi connectivity index (χ1v) is 15.5. The normalized spacial score (nSPS) is 18.4. The highest BCUT2D eigenvalue weighted by molar-refractivity contribution is 7.18. The summed E-state index contributed by atoms with van der Waals surface area (Å²) in [7, 11) is 0. The van der Waals surface area contributed by atoms with Crippen molar-refractivity contribution in [3.8, 4) is 0 Å². The number of ketones is 2. The molecule has 2 aliphatic rings. The SMILES string of the molecule is C=C(CN1CCOCC1)C(=O)CC[C@@H](NC(=O)[C@@H](CC(=O)CC)Cc1nc2ccc(Cl)cc2s1)C1CCOCC1. The predicted octanol–water partition coefficient (Wildman–Crippen LogP) is 4.63. The fourth-order valence-electron chi connectivity index (χ4n) is 5.35. The van der Waals surface area contributed by atoms with Gasteiger partial charge >= 0.3 is 0 Å². The van der Waals surface area contributed by atoms with Gasteiger partial charge in [0.25, 0.3) is 0 Å². The summed E-state index contributed by atoms with van der Waals surface area (Å²) in [6.45, 7) is 10.6. The molecule has 2 aliphatic heterocycles. The van der Waals surface area contributed by atoms with Gasteiger partial charge < -0.3 is 14.8 Å². The zero-order chi connectivity index (χ0) is 28.5. The molecular formula is C30H40ClN3O5S. The van der Waals surface area contributed by atoms with Gasteiger partial charge in [0.15, 0.2) is 5.78 Å². The molecule has 40 heavy (non-hydrogen) atoms. The van der Waals surface area contributed by atoms with E-state index >= 15 is 0 Å². The van der Waals surface area contributed by atoms with Crippen molar-refractivity contribution in [1.82, 2.24) is 15.2 Å². The maximum atomic E-state index is 13.7. The molecule has 3 heterocycles. The number of fused-ring (bicyclic) bond motifs is 1. The molecule has 2 atom stereocenters. The Morgan fingerprint density at radius 3 is 2.62 bits per heavy atom. The Bertz CT molecular complexity index is 1190. The van der Waals surface area contributed by atoms with Gasteiger partial charge in [-0.15, -0.1) is 11.3 Å². The molecular weight excluding hydrogens is 550 g/mol. The minimum atomic E-state index is -0.530. The van der Waals surface area contributed by atoms with Gasteiger partial charge in [-0.2, -0.15) is 0 Å². The third kappa shape index (κ3) is 8.91. The number of Topliss-reactive ketones (excluding diaryl/α,β-unsaturated/α-hetero) is 2. The van der Waals surface area contributed by atoms with E-state index in [4.69, 9.17) is 26.1 Å². The Kier molecular flexibility index (Phi) is 11.7. The number of aromatic nitrogens is 1. The summed E-state index contributed by atoms with van der Waals surface area (Å²) < 4.78 is 11.9. The van der Waals surface area contributed by atoms with Crippen molar-refractivity contribution in [1.29, 1.82) is 0 Å². The molecule has 1 N–H and O–H groups in total. The highest BCUT2D eigenvalue weighted by Crippen LogP contribution is 2.28. The lowest BCUT2D eigenvalue weighted by Gasteiger charge is -2.32. The molecule has 0 spiro atoms. The Hall–Kier alpha value is -2.17. The number of amides is 1. The van der Waals surface area contributed by atoms with Crippen LogP contribution in [0.25, 0.3) is 10.2 Å². The molecule has 8 nitrogen and oxygen atoms in total. The number of nitrogens with zero attached hydrogens (tertiary/aromatic N) is 2. The number of rotatable bonds is 14. The fourth-order valence-corrected chi connectivity index (χ4v) is 6.67. The largest absolute Gasteiger partial charge is 0.381 e. The second kappa shape index (κ2) is 15.2. The van der Waals surface area contributed by atoms with Gasteiger partial charge in [-0.3, -0.25) is 19.3 Å². The van der Waals surface area contributed by atoms with E-state index in [-0.39, 0.29) is 35.9 Å². The molecule has 0 bridgehead atoms. The van der Waals surface area contributed by atoms with Crippen LogP contribution in [-0.2, 0) is 30.3 Å². The van der Waals surface area contributed by atoms with E-state index in [0.29, 0.717) is 69.3 Å². The number of carbonyl (C=O) groups is 3. The summed E-state index contributed by atoms with van der Waals surface area (Å²) in [4.78, 5) is 46.1. The van der Waals surface area contributed by atoms with Crippen LogP contribution in [0.3, 0.4) is 0 Å². The van der Waals surface area contributed by atoms with Crippen LogP contribution in [0.5, 0.6) is 0 Å². The average molecular weight is 590 g/mol. The van der Waals surface area contributed by atoms with Crippen LogP contribution in [0.4, 0.5) is 0 Å². The number of nitrogens with one attached hydrogen (secondary N) is 1. The first-order chi connectivity index (χ1) is 19.3. The predicted molar refractivity (Wildman–Crippen MR) is 158 cm³/mol. The van der Waals surface area contributed by atoms with Crippen molar-refractivity contribution in [2.45, 2.75) is 57.9 Å². The summed E-state index contributed by atoms with van der Waals surface area (Å²) in [6, 6.07) is 5.36. The number of hydrogen-bond acceptors (Lipinski definition) is 8. The zero-order valence-electron chi connectivity index (χ0n) is 23.3. The van der Waals surface area contributed by atoms with E-state index < -0.39 is 5.92 Å². The summed E-state index contributed by atoms with van der Waals surface area (Å²) in [5.74, 6) is -0.400. The molecule has 1 aromatic heterocycles. The Balaban J connectivity index is 1.42. The van der Waals surface area contributed by atoms with E-state index in [1.807, 2.05) is 19.1 Å². The standard InChI is InChI=1S/C30H40ClN3O5S/c1-3-24(35)16-22(17-29-32-26-5-4-23(31)18-28(26)40-29)30(37)33-25(21-8-12-38-13-9-21)6-7-27(36)20(2)19-34-10-14-39-15-11-34/h4-5,18,21-22,25H,2-3,6-17,19H2,1H3,(H,33,37)/t22-,25+/m0/s1. The molecule has 4 rings (SSSR count). The lowest BCUT2D eigenvalue weighted by atomic mass is 9.87. The van der Waals surface area contributed by atoms with Gasteiger partial charge in [0.1, 0.15) is 5.78 Å². The first-order valence-electron chi connectivity index (χ1n) is 14.3. The second-order valence-corrected chi connectivity index (χ2v) is 12.3. The van der Waals surface area contributed by atoms with Crippen molar-refractivity contribution < 1.29 is 23.9 Å². The van der Waals surface area contributed by atoms with Crippen molar-refractivity contribution in [3.63, 3.8) is 0 Å². The third-order valence-electron chi connectivity index (χ3n) is 7.81. The molecule has 2 aromatic rings. The van der Waals surface area contributed by atoms with Crippen molar-refractivity contribution in [2.75, 3.05) is 46.1 Å². The Morgan fingerprint density at radius 1 is 1.18 bits per heavy atom. The first kappa shape index (κ1) is 30.8. The maximum Gasteiger partial charge on any atom is 0.224 e. The minimum Gasteiger partial charge on any atom is -0.381 e. The lowest BCUT2D eigenvalue weighted by molar-refractivity contribution is -0.130. The number of benzene rings is 1. The molecule has 2 fully saturated rings. The molecule has 0 radical (unpaired) electrons. The molecule has 1 amide bonds.